The van der Waals surface area contributed by atoms with Crippen LogP contribution in [0.3, 0.4) is 0 Å². The third-order valence-electron chi connectivity index (χ3n) is 5.73. The summed E-state index contributed by atoms with van der Waals surface area (Å²) in [4.78, 5) is 17.3. The topological polar surface area (TPSA) is 35.6 Å². The van der Waals surface area contributed by atoms with Crippen molar-refractivity contribution in [3.63, 3.8) is 0 Å². The van der Waals surface area contributed by atoms with Crippen molar-refractivity contribution in [2.45, 2.75) is 19.6 Å². The van der Waals surface area contributed by atoms with Gasteiger partial charge >= 0.3 is 0 Å². The Morgan fingerprint density at radius 1 is 0.742 bits per heavy atom. The zero-order valence-corrected chi connectivity index (χ0v) is 17.6. The number of piperazine rings is 1. The van der Waals surface area contributed by atoms with Crippen LogP contribution in [0.4, 0.5) is 4.39 Å². The van der Waals surface area contributed by atoms with Crippen molar-refractivity contribution in [1.82, 2.24) is 15.1 Å². The SMILES string of the molecule is O=C(NCc1ccccc1F)c1ccc(CN2CCN(Cc3ccccc3)CC2)cc1. The number of halogens is 1. The second kappa shape index (κ2) is 10.3. The van der Waals surface area contributed by atoms with E-state index in [1.165, 1.54) is 17.2 Å². The van der Waals surface area contributed by atoms with Gasteiger partial charge in [-0.15, -0.1) is 0 Å². The Labute approximate surface area is 183 Å². The molecule has 4 rings (SSSR count). The average Bonchev–Trinajstić information content (AvgIpc) is 2.81. The van der Waals surface area contributed by atoms with Gasteiger partial charge in [0.05, 0.1) is 0 Å². The number of nitrogens with one attached hydrogen (secondary N) is 1. The van der Waals surface area contributed by atoms with Gasteiger partial charge in [-0.2, -0.15) is 0 Å². The molecule has 1 aliphatic rings. The van der Waals surface area contributed by atoms with Crippen LogP contribution in [0.5, 0.6) is 0 Å². The molecule has 160 valence electrons. The van der Waals surface area contributed by atoms with Crippen LogP contribution >= 0.6 is 0 Å². The highest BCUT2D eigenvalue weighted by molar-refractivity contribution is 5.94. The zero-order chi connectivity index (χ0) is 21.5. The summed E-state index contributed by atoms with van der Waals surface area (Å²) in [5.41, 5.74) is 3.63. The minimum atomic E-state index is -0.304. The lowest BCUT2D eigenvalue weighted by atomic mass is 10.1. The van der Waals surface area contributed by atoms with Crippen molar-refractivity contribution in [3.05, 3.63) is 107 Å². The van der Waals surface area contributed by atoms with Crippen molar-refractivity contribution in [2.75, 3.05) is 26.2 Å². The molecule has 0 radical (unpaired) electrons. The fraction of sp³-hybridized carbons (Fsp3) is 0.269. The highest BCUT2D eigenvalue weighted by atomic mass is 19.1. The number of amides is 1. The maximum absolute atomic E-state index is 13.7. The molecule has 4 nitrogen and oxygen atoms in total. The largest absolute Gasteiger partial charge is 0.348 e. The summed E-state index contributed by atoms with van der Waals surface area (Å²) < 4.78 is 13.7. The van der Waals surface area contributed by atoms with E-state index in [1.54, 1.807) is 18.2 Å². The van der Waals surface area contributed by atoms with Gasteiger partial charge in [-0.25, -0.2) is 4.39 Å². The van der Waals surface area contributed by atoms with E-state index in [-0.39, 0.29) is 18.3 Å². The number of nitrogens with zero attached hydrogens (tertiary/aromatic N) is 2. The molecule has 0 unspecified atom stereocenters. The quantitative estimate of drug-likeness (QED) is 0.629. The van der Waals surface area contributed by atoms with Crippen LogP contribution in [0.15, 0.2) is 78.9 Å². The van der Waals surface area contributed by atoms with Gasteiger partial charge in [-0.1, -0.05) is 60.7 Å². The van der Waals surface area contributed by atoms with Gasteiger partial charge in [0.1, 0.15) is 5.82 Å². The van der Waals surface area contributed by atoms with Gasteiger partial charge in [-0.05, 0) is 29.3 Å². The van der Waals surface area contributed by atoms with Gasteiger partial charge < -0.3 is 5.32 Å². The fourth-order valence-corrected chi connectivity index (χ4v) is 3.89. The lowest BCUT2D eigenvalue weighted by molar-refractivity contribution is 0.0950. The summed E-state index contributed by atoms with van der Waals surface area (Å²) in [6.07, 6.45) is 0. The number of hydrogen-bond donors (Lipinski definition) is 1. The summed E-state index contributed by atoms with van der Waals surface area (Å²) in [7, 11) is 0. The lowest BCUT2D eigenvalue weighted by Gasteiger charge is -2.34. The van der Waals surface area contributed by atoms with Crippen LogP contribution in [0, 0.1) is 5.82 Å². The second-order valence-electron chi connectivity index (χ2n) is 8.01. The lowest BCUT2D eigenvalue weighted by Crippen LogP contribution is -2.45. The molecular weight excluding hydrogens is 389 g/mol. The van der Waals surface area contributed by atoms with Crippen LogP contribution in [-0.4, -0.2) is 41.9 Å². The normalized spacial score (nSPS) is 15.0. The predicted octanol–water partition coefficient (Wildman–Crippen LogP) is 4.07. The minimum absolute atomic E-state index is 0.181. The van der Waals surface area contributed by atoms with Crippen molar-refractivity contribution in [2.24, 2.45) is 0 Å². The van der Waals surface area contributed by atoms with Gasteiger partial charge in [0.15, 0.2) is 0 Å². The molecule has 1 aliphatic heterocycles. The smallest absolute Gasteiger partial charge is 0.251 e. The Morgan fingerprint density at radius 2 is 1.29 bits per heavy atom. The first-order valence-electron chi connectivity index (χ1n) is 10.8. The molecule has 0 aliphatic carbocycles. The molecule has 1 amide bonds. The Balaban J connectivity index is 1.23. The van der Waals surface area contributed by atoms with Crippen LogP contribution < -0.4 is 5.32 Å². The Kier molecular flexibility index (Phi) is 7.07. The third kappa shape index (κ3) is 6.00. The van der Waals surface area contributed by atoms with E-state index in [9.17, 15) is 9.18 Å². The molecule has 3 aromatic carbocycles. The zero-order valence-electron chi connectivity index (χ0n) is 17.6. The van der Waals surface area contributed by atoms with Gasteiger partial charge in [-0.3, -0.25) is 14.6 Å². The molecule has 3 aromatic rings. The first kappa shape index (κ1) is 21.2. The second-order valence-corrected chi connectivity index (χ2v) is 8.01. The van der Waals surface area contributed by atoms with E-state index < -0.39 is 0 Å². The molecule has 0 spiro atoms. The summed E-state index contributed by atoms with van der Waals surface area (Å²) in [6, 6.07) is 24.8. The van der Waals surface area contributed by atoms with E-state index in [0.717, 1.165) is 39.3 Å². The first-order chi connectivity index (χ1) is 15.2. The Bertz CT molecular complexity index is 983. The number of carbonyl (C=O) groups excluding carboxylic acids is 1. The summed E-state index contributed by atoms with van der Waals surface area (Å²) in [5.74, 6) is -0.494. The van der Waals surface area contributed by atoms with E-state index in [2.05, 4.69) is 45.4 Å². The molecule has 1 saturated heterocycles. The predicted molar refractivity (Wildman–Crippen MR) is 121 cm³/mol. The van der Waals surface area contributed by atoms with Crippen molar-refractivity contribution < 1.29 is 9.18 Å². The van der Waals surface area contributed by atoms with Gasteiger partial charge in [0.25, 0.3) is 5.91 Å². The Morgan fingerprint density at radius 3 is 1.90 bits per heavy atom. The van der Waals surface area contributed by atoms with E-state index >= 15 is 0 Å². The standard InChI is InChI=1S/C26H28FN3O/c27-25-9-5-4-8-24(25)18-28-26(31)23-12-10-22(11-13-23)20-30-16-14-29(15-17-30)19-21-6-2-1-3-7-21/h1-13H,14-20H2,(H,28,31). The van der Waals surface area contributed by atoms with E-state index in [1.807, 2.05) is 24.3 Å². The number of benzene rings is 3. The van der Waals surface area contributed by atoms with Crippen molar-refractivity contribution >= 4 is 5.91 Å². The third-order valence-corrected chi connectivity index (χ3v) is 5.73. The highest BCUT2D eigenvalue weighted by Crippen LogP contribution is 2.13. The van der Waals surface area contributed by atoms with E-state index in [4.69, 9.17) is 0 Å². The Hall–Kier alpha value is -3.02. The minimum Gasteiger partial charge on any atom is -0.348 e. The average molecular weight is 418 g/mol. The number of carbonyl (C=O) groups is 1. The number of hydrogen-bond acceptors (Lipinski definition) is 3. The molecule has 0 saturated carbocycles. The van der Waals surface area contributed by atoms with Crippen LogP contribution in [-0.2, 0) is 19.6 Å². The van der Waals surface area contributed by atoms with Crippen LogP contribution in [0.2, 0.25) is 0 Å². The summed E-state index contributed by atoms with van der Waals surface area (Å²) >= 11 is 0. The van der Waals surface area contributed by atoms with Gasteiger partial charge in [0, 0.05) is 56.9 Å². The molecule has 0 bridgehead atoms. The molecular formula is C26H28FN3O. The fourth-order valence-electron chi connectivity index (χ4n) is 3.89. The van der Waals surface area contributed by atoms with Crippen LogP contribution in [0.25, 0.3) is 0 Å². The molecule has 0 aromatic heterocycles. The van der Waals surface area contributed by atoms with E-state index in [0.29, 0.717) is 11.1 Å². The maximum atomic E-state index is 13.7. The summed E-state index contributed by atoms with van der Waals surface area (Å²) in [6.45, 7) is 6.27. The number of rotatable bonds is 7. The molecule has 1 fully saturated rings. The highest BCUT2D eigenvalue weighted by Gasteiger charge is 2.17. The summed E-state index contributed by atoms with van der Waals surface area (Å²) in [5, 5.41) is 2.79. The first-order valence-corrected chi connectivity index (χ1v) is 10.8. The van der Waals surface area contributed by atoms with Gasteiger partial charge in [0.2, 0.25) is 0 Å². The van der Waals surface area contributed by atoms with Crippen molar-refractivity contribution in [1.29, 1.82) is 0 Å². The molecule has 1 heterocycles. The maximum Gasteiger partial charge on any atom is 0.251 e. The monoisotopic (exact) mass is 417 g/mol. The molecule has 1 N–H and O–H groups in total. The van der Waals surface area contributed by atoms with Crippen LogP contribution in [0.1, 0.15) is 27.0 Å². The van der Waals surface area contributed by atoms with Crippen molar-refractivity contribution in [3.8, 4) is 0 Å². The molecule has 0 atom stereocenters. The molecule has 5 heteroatoms. The molecule has 31 heavy (non-hydrogen) atoms.